The van der Waals surface area contributed by atoms with Gasteiger partial charge in [-0.3, -0.25) is 4.79 Å². The van der Waals surface area contributed by atoms with Gasteiger partial charge in [0.1, 0.15) is 17.1 Å². The Morgan fingerprint density at radius 2 is 1.94 bits per heavy atom. The molecule has 7 nitrogen and oxygen atoms in total. The molecule has 1 N–H and O–H groups in total. The molecule has 2 aromatic rings. The predicted molar refractivity (Wildman–Crippen MR) is 113 cm³/mol. The van der Waals surface area contributed by atoms with Crippen LogP contribution < -0.4 is 10.1 Å². The number of halogens is 2. The molecule has 4 rings (SSSR count). The van der Waals surface area contributed by atoms with Crippen molar-refractivity contribution in [3.8, 4) is 11.6 Å². The number of carbonyl (C=O) groups excluding carboxylic acids is 1. The van der Waals surface area contributed by atoms with Gasteiger partial charge in [-0.2, -0.15) is 4.98 Å². The standard InChI is InChI=1S/C22H23F2N3O4S/c1-32(29,30)10-9-18(15-11-22(23,24)12-15)26-20(28)17-13-25-19(14-7-8-14)27-21(17)31-16-5-3-2-4-6-16/h2-6,9-10,13-15,18H,7-8,11-12H2,1H3,(H,26,28)/b10-9+. The second-order valence-electron chi connectivity index (χ2n) is 8.32. The summed E-state index contributed by atoms with van der Waals surface area (Å²) in [5, 5.41) is 3.57. The lowest BCUT2D eigenvalue weighted by Gasteiger charge is -2.39. The minimum absolute atomic E-state index is 0.0436. The van der Waals surface area contributed by atoms with Gasteiger partial charge < -0.3 is 10.1 Å². The molecule has 1 aromatic heterocycles. The molecule has 10 heteroatoms. The number of aromatic nitrogens is 2. The highest BCUT2D eigenvalue weighted by molar-refractivity contribution is 7.93. The van der Waals surface area contributed by atoms with Gasteiger partial charge >= 0.3 is 0 Å². The Hall–Kier alpha value is -2.88. The first-order valence-electron chi connectivity index (χ1n) is 10.3. The lowest BCUT2D eigenvalue weighted by atomic mass is 9.76. The molecular weight excluding hydrogens is 440 g/mol. The van der Waals surface area contributed by atoms with Crippen molar-refractivity contribution in [1.29, 1.82) is 0 Å². The van der Waals surface area contributed by atoms with Crippen LogP contribution in [0.5, 0.6) is 11.6 Å². The molecule has 0 saturated heterocycles. The van der Waals surface area contributed by atoms with Crippen molar-refractivity contribution >= 4 is 15.7 Å². The summed E-state index contributed by atoms with van der Waals surface area (Å²) in [6.45, 7) is 0. The van der Waals surface area contributed by atoms with Crippen LogP contribution in [-0.4, -0.2) is 42.5 Å². The minimum Gasteiger partial charge on any atom is -0.438 e. The van der Waals surface area contributed by atoms with Crippen molar-refractivity contribution < 1.29 is 26.7 Å². The highest BCUT2D eigenvalue weighted by Gasteiger charge is 2.48. The van der Waals surface area contributed by atoms with E-state index in [1.54, 1.807) is 24.3 Å². The number of nitrogens with zero attached hydrogens (tertiary/aromatic N) is 2. The predicted octanol–water partition coefficient (Wildman–Crippen LogP) is 3.85. The number of hydrogen-bond donors (Lipinski definition) is 1. The van der Waals surface area contributed by atoms with E-state index >= 15 is 0 Å². The summed E-state index contributed by atoms with van der Waals surface area (Å²) in [6.07, 6.45) is 4.65. The number of amides is 1. The van der Waals surface area contributed by atoms with E-state index in [4.69, 9.17) is 4.74 Å². The summed E-state index contributed by atoms with van der Waals surface area (Å²) in [7, 11) is -3.49. The number of para-hydroxylation sites is 1. The average molecular weight is 464 g/mol. The molecule has 0 radical (unpaired) electrons. The van der Waals surface area contributed by atoms with Crippen molar-refractivity contribution in [3.63, 3.8) is 0 Å². The molecule has 2 fully saturated rings. The van der Waals surface area contributed by atoms with Crippen LogP contribution in [0.4, 0.5) is 8.78 Å². The molecule has 0 spiro atoms. The van der Waals surface area contributed by atoms with Crippen LogP contribution in [0.3, 0.4) is 0 Å². The Morgan fingerprint density at radius 3 is 2.53 bits per heavy atom. The van der Waals surface area contributed by atoms with Crippen LogP contribution in [0, 0.1) is 5.92 Å². The van der Waals surface area contributed by atoms with Gasteiger partial charge in [0.2, 0.25) is 11.8 Å². The van der Waals surface area contributed by atoms with Crippen molar-refractivity contribution in [2.24, 2.45) is 5.92 Å². The molecule has 2 aliphatic rings. The molecule has 32 heavy (non-hydrogen) atoms. The summed E-state index contributed by atoms with van der Waals surface area (Å²) in [4.78, 5) is 21.7. The van der Waals surface area contributed by atoms with Crippen molar-refractivity contribution in [1.82, 2.24) is 15.3 Å². The topological polar surface area (TPSA) is 98.2 Å². The van der Waals surface area contributed by atoms with Crippen LogP contribution >= 0.6 is 0 Å². The van der Waals surface area contributed by atoms with Gasteiger partial charge in [-0.25, -0.2) is 22.2 Å². The van der Waals surface area contributed by atoms with Crippen molar-refractivity contribution in [2.75, 3.05) is 6.26 Å². The van der Waals surface area contributed by atoms with Gasteiger partial charge in [-0.15, -0.1) is 0 Å². The second kappa shape index (κ2) is 8.57. The van der Waals surface area contributed by atoms with Crippen LogP contribution in [0.2, 0.25) is 0 Å². The molecule has 0 aliphatic heterocycles. The van der Waals surface area contributed by atoms with Gasteiger partial charge in [0.05, 0.1) is 6.04 Å². The van der Waals surface area contributed by atoms with Crippen LogP contribution in [-0.2, 0) is 9.84 Å². The number of hydrogen-bond acceptors (Lipinski definition) is 6. The molecule has 0 bridgehead atoms. The zero-order valence-electron chi connectivity index (χ0n) is 17.4. The van der Waals surface area contributed by atoms with E-state index in [0.29, 0.717) is 11.6 Å². The molecule has 2 aliphatic carbocycles. The monoisotopic (exact) mass is 463 g/mol. The molecule has 1 unspecified atom stereocenters. The zero-order valence-corrected chi connectivity index (χ0v) is 18.2. The highest BCUT2D eigenvalue weighted by Crippen LogP contribution is 2.44. The summed E-state index contributed by atoms with van der Waals surface area (Å²) in [5.74, 6) is -2.67. The Bertz CT molecular complexity index is 1130. The fourth-order valence-corrected chi connectivity index (χ4v) is 3.95. The van der Waals surface area contributed by atoms with Gasteiger partial charge in [-0.1, -0.05) is 24.3 Å². The first-order valence-corrected chi connectivity index (χ1v) is 12.2. The number of carbonyl (C=O) groups is 1. The Kier molecular flexibility index (Phi) is 5.98. The molecular formula is C22H23F2N3O4S. The van der Waals surface area contributed by atoms with Gasteiger partial charge in [0.15, 0.2) is 9.84 Å². The quantitative estimate of drug-likeness (QED) is 0.639. The van der Waals surface area contributed by atoms with Crippen molar-refractivity contribution in [3.05, 3.63) is 59.4 Å². The van der Waals surface area contributed by atoms with E-state index < -0.39 is 46.5 Å². The van der Waals surface area contributed by atoms with Crippen LogP contribution in [0.25, 0.3) is 0 Å². The molecule has 1 atom stereocenters. The molecule has 2 saturated carbocycles. The van der Waals surface area contributed by atoms with Gasteiger partial charge in [0, 0.05) is 36.6 Å². The smallest absolute Gasteiger partial charge is 0.258 e. The van der Waals surface area contributed by atoms with Gasteiger partial charge in [-0.05, 0) is 30.9 Å². The maximum Gasteiger partial charge on any atom is 0.258 e. The Balaban J connectivity index is 1.59. The second-order valence-corrected chi connectivity index (χ2v) is 10.2. The number of ether oxygens (including phenoxy) is 1. The number of nitrogens with one attached hydrogen (secondary N) is 1. The van der Waals surface area contributed by atoms with Gasteiger partial charge in [0.25, 0.3) is 5.91 Å². The van der Waals surface area contributed by atoms with E-state index in [9.17, 15) is 22.0 Å². The fraction of sp³-hybridized carbons (Fsp3) is 0.409. The summed E-state index contributed by atoms with van der Waals surface area (Å²) < 4.78 is 55.7. The fourth-order valence-electron chi connectivity index (χ4n) is 3.49. The van der Waals surface area contributed by atoms with Crippen LogP contribution in [0.15, 0.2) is 48.0 Å². The molecule has 170 valence electrons. The Morgan fingerprint density at radius 1 is 1.25 bits per heavy atom. The molecule has 1 heterocycles. The normalized spacial score (nSPS) is 19.3. The maximum absolute atomic E-state index is 13.4. The first-order chi connectivity index (χ1) is 15.1. The van der Waals surface area contributed by atoms with Crippen molar-refractivity contribution in [2.45, 2.75) is 43.6 Å². The summed E-state index contributed by atoms with van der Waals surface area (Å²) >= 11 is 0. The number of benzene rings is 1. The molecule has 1 aromatic carbocycles. The zero-order chi connectivity index (χ0) is 22.9. The Labute approximate surface area is 184 Å². The maximum atomic E-state index is 13.4. The third-order valence-corrected chi connectivity index (χ3v) is 6.03. The summed E-state index contributed by atoms with van der Waals surface area (Å²) in [5.41, 5.74) is 0.0436. The van der Waals surface area contributed by atoms with E-state index in [1.165, 1.54) is 12.3 Å². The average Bonchev–Trinajstić information content (AvgIpc) is 3.54. The third kappa shape index (κ3) is 5.67. The minimum atomic E-state index is -3.49. The number of sulfone groups is 1. The van der Waals surface area contributed by atoms with E-state index in [1.807, 2.05) is 6.07 Å². The van der Waals surface area contributed by atoms with E-state index in [0.717, 1.165) is 24.5 Å². The number of alkyl halides is 2. The van der Waals surface area contributed by atoms with E-state index in [-0.39, 0.29) is 17.4 Å². The highest BCUT2D eigenvalue weighted by atomic mass is 32.2. The lowest BCUT2D eigenvalue weighted by molar-refractivity contribution is -0.114. The third-order valence-electron chi connectivity index (χ3n) is 5.38. The summed E-state index contributed by atoms with van der Waals surface area (Å²) in [6, 6.07) is 7.93. The lowest BCUT2D eigenvalue weighted by Crippen LogP contribution is -2.49. The largest absolute Gasteiger partial charge is 0.438 e. The molecule has 1 amide bonds. The first kappa shape index (κ1) is 22.3. The number of rotatable bonds is 8. The van der Waals surface area contributed by atoms with E-state index in [2.05, 4.69) is 15.3 Å². The van der Waals surface area contributed by atoms with Crippen LogP contribution in [0.1, 0.15) is 47.8 Å². The SMILES string of the molecule is CS(=O)(=O)/C=C/C(NC(=O)c1cnc(C2CC2)nc1Oc1ccccc1)C1CC(F)(F)C1.